The molecule has 2 N–H and O–H groups in total. The standard InChI is InChI=1S/C10H19NO2/c1-8-2-4-10(5-3-8)12-7-9(6-11)13-10/h8-9H,2-7,11H2,1H3/t8?,9-,10?/m0/s1. The fourth-order valence-electron chi connectivity index (χ4n) is 2.20. The van der Waals surface area contributed by atoms with E-state index in [2.05, 4.69) is 6.92 Å². The predicted octanol–water partition coefficient (Wildman–Crippen LogP) is 1.27. The van der Waals surface area contributed by atoms with Gasteiger partial charge in [0.1, 0.15) is 0 Å². The van der Waals surface area contributed by atoms with Crippen LogP contribution in [0.25, 0.3) is 0 Å². The van der Waals surface area contributed by atoms with Gasteiger partial charge in [-0.3, -0.25) is 0 Å². The summed E-state index contributed by atoms with van der Waals surface area (Å²) in [5, 5.41) is 0. The molecule has 0 aromatic carbocycles. The second-order valence-electron chi connectivity index (χ2n) is 4.38. The lowest BCUT2D eigenvalue weighted by molar-refractivity contribution is -0.190. The summed E-state index contributed by atoms with van der Waals surface area (Å²) in [5.74, 6) is 0.575. The first-order valence-electron chi connectivity index (χ1n) is 5.26. The molecular formula is C10H19NO2. The molecule has 1 atom stereocenters. The van der Waals surface area contributed by atoms with Gasteiger partial charge < -0.3 is 15.2 Å². The maximum atomic E-state index is 5.84. The number of nitrogens with two attached hydrogens (primary N) is 1. The van der Waals surface area contributed by atoms with Crippen LogP contribution in [0.4, 0.5) is 0 Å². The zero-order valence-electron chi connectivity index (χ0n) is 8.29. The van der Waals surface area contributed by atoms with Gasteiger partial charge in [-0.1, -0.05) is 6.92 Å². The molecule has 13 heavy (non-hydrogen) atoms. The third-order valence-corrected chi connectivity index (χ3v) is 3.21. The van der Waals surface area contributed by atoms with Crippen molar-refractivity contribution in [2.45, 2.75) is 44.5 Å². The molecule has 0 amide bonds. The van der Waals surface area contributed by atoms with E-state index in [1.54, 1.807) is 0 Å². The van der Waals surface area contributed by atoms with Gasteiger partial charge in [0, 0.05) is 19.4 Å². The van der Waals surface area contributed by atoms with Gasteiger partial charge >= 0.3 is 0 Å². The highest BCUT2D eigenvalue weighted by Gasteiger charge is 2.42. The summed E-state index contributed by atoms with van der Waals surface area (Å²) in [7, 11) is 0. The largest absolute Gasteiger partial charge is 0.347 e. The highest BCUT2D eigenvalue weighted by atomic mass is 16.7. The van der Waals surface area contributed by atoms with E-state index in [1.165, 1.54) is 12.8 Å². The van der Waals surface area contributed by atoms with E-state index in [4.69, 9.17) is 15.2 Å². The molecule has 1 spiro atoms. The number of hydrogen-bond acceptors (Lipinski definition) is 3. The Labute approximate surface area is 79.6 Å². The summed E-state index contributed by atoms with van der Waals surface area (Å²) in [6.07, 6.45) is 4.66. The minimum Gasteiger partial charge on any atom is -0.347 e. The highest BCUT2D eigenvalue weighted by Crippen LogP contribution is 2.39. The second kappa shape index (κ2) is 3.56. The smallest absolute Gasteiger partial charge is 0.168 e. The average Bonchev–Trinajstić information content (AvgIpc) is 2.55. The van der Waals surface area contributed by atoms with E-state index in [0.29, 0.717) is 13.2 Å². The SMILES string of the molecule is CC1CCC2(CC1)OC[C@H](CN)O2. The summed E-state index contributed by atoms with van der Waals surface area (Å²) < 4.78 is 11.6. The minimum absolute atomic E-state index is 0.133. The molecule has 76 valence electrons. The molecule has 1 aliphatic carbocycles. The zero-order chi connectivity index (χ0) is 9.31. The van der Waals surface area contributed by atoms with Crippen molar-refractivity contribution in [2.24, 2.45) is 11.7 Å². The van der Waals surface area contributed by atoms with Gasteiger partial charge in [0.2, 0.25) is 0 Å². The Morgan fingerprint density at radius 1 is 1.38 bits per heavy atom. The Morgan fingerprint density at radius 3 is 2.62 bits per heavy atom. The summed E-state index contributed by atoms with van der Waals surface area (Å²) in [6.45, 7) is 3.56. The van der Waals surface area contributed by atoms with Crippen LogP contribution in [0, 0.1) is 5.92 Å². The van der Waals surface area contributed by atoms with E-state index >= 15 is 0 Å². The van der Waals surface area contributed by atoms with Crippen LogP contribution in [0.15, 0.2) is 0 Å². The van der Waals surface area contributed by atoms with Gasteiger partial charge in [-0.25, -0.2) is 0 Å². The van der Waals surface area contributed by atoms with Crippen molar-refractivity contribution in [1.29, 1.82) is 0 Å². The molecule has 1 saturated carbocycles. The molecule has 0 radical (unpaired) electrons. The molecule has 1 aliphatic heterocycles. The Kier molecular flexibility index (Phi) is 2.58. The molecule has 3 nitrogen and oxygen atoms in total. The van der Waals surface area contributed by atoms with Crippen LogP contribution in [0.2, 0.25) is 0 Å². The highest BCUT2D eigenvalue weighted by molar-refractivity contribution is 4.84. The van der Waals surface area contributed by atoms with E-state index in [-0.39, 0.29) is 11.9 Å². The Hall–Kier alpha value is -0.120. The first-order valence-corrected chi connectivity index (χ1v) is 5.26. The van der Waals surface area contributed by atoms with Crippen molar-refractivity contribution in [3.05, 3.63) is 0 Å². The molecular weight excluding hydrogens is 166 g/mol. The molecule has 1 saturated heterocycles. The van der Waals surface area contributed by atoms with Crippen molar-refractivity contribution < 1.29 is 9.47 Å². The van der Waals surface area contributed by atoms with Gasteiger partial charge in [-0.15, -0.1) is 0 Å². The monoisotopic (exact) mass is 185 g/mol. The van der Waals surface area contributed by atoms with E-state index in [0.717, 1.165) is 18.8 Å². The normalized spacial score (nSPS) is 45.7. The Morgan fingerprint density at radius 2 is 2.08 bits per heavy atom. The predicted molar refractivity (Wildman–Crippen MR) is 50.2 cm³/mol. The fraction of sp³-hybridized carbons (Fsp3) is 1.00. The molecule has 0 unspecified atom stereocenters. The third kappa shape index (κ3) is 1.87. The first kappa shape index (κ1) is 9.44. The van der Waals surface area contributed by atoms with Crippen molar-refractivity contribution >= 4 is 0 Å². The van der Waals surface area contributed by atoms with Crippen molar-refractivity contribution in [3.63, 3.8) is 0 Å². The lowest BCUT2D eigenvalue weighted by Gasteiger charge is -2.34. The fourth-order valence-corrected chi connectivity index (χ4v) is 2.20. The van der Waals surface area contributed by atoms with Gasteiger partial charge in [-0.05, 0) is 18.8 Å². The Bertz CT molecular complexity index is 176. The van der Waals surface area contributed by atoms with Crippen molar-refractivity contribution in [3.8, 4) is 0 Å². The number of ether oxygens (including phenoxy) is 2. The van der Waals surface area contributed by atoms with Crippen molar-refractivity contribution in [2.75, 3.05) is 13.2 Å². The summed E-state index contributed by atoms with van der Waals surface area (Å²) in [5.41, 5.74) is 5.55. The van der Waals surface area contributed by atoms with Crippen LogP contribution in [-0.2, 0) is 9.47 Å². The quantitative estimate of drug-likeness (QED) is 0.669. The third-order valence-electron chi connectivity index (χ3n) is 3.21. The van der Waals surface area contributed by atoms with Crippen molar-refractivity contribution in [1.82, 2.24) is 0 Å². The lowest BCUT2D eigenvalue weighted by Crippen LogP contribution is -2.36. The van der Waals surface area contributed by atoms with Crippen LogP contribution < -0.4 is 5.73 Å². The van der Waals surface area contributed by atoms with Gasteiger partial charge in [0.05, 0.1) is 12.7 Å². The van der Waals surface area contributed by atoms with Crippen LogP contribution in [-0.4, -0.2) is 25.0 Å². The molecule has 2 rings (SSSR count). The second-order valence-corrected chi connectivity index (χ2v) is 4.38. The van der Waals surface area contributed by atoms with Gasteiger partial charge in [-0.2, -0.15) is 0 Å². The molecule has 2 aliphatic rings. The maximum Gasteiger partial charge on any atom is 0.168 e. The summed E-state index contributed by atoms with van der Waals surface area (Å²) in [4.78, 5) is 0. The van der Waals surface area contributed by atoms with Crippen LogP contribution in [0.5, 0.6) is 0 Å². The molecule has 2 fully saturated rings. The minimum atomic E-state index is -0.253. The topological polar surface area (TPSA) is 44.5 Å². The van der Waals surface area contributed by atoms with Gasteiger partial charge in [0.15, 0.2) is 5.79 Å². The van der Waals surface area contributed by atoms with E-state index < -0.39 is 0 Å². The summed E-state index contributed by atoms with van der Waals surface area (Å²) >= 11 is 0. The Balaban J connectivity index is 1.92. The van der Waals surface area contributed by atoms with Crippen LogP contribution >= 0.6 is 0 Å². The van der Waals surface area contributed by atoms with E-state index in [1.807, 2.05) is 0 Å². The molecule has 0 aromatic rings. The average molecular weight is 185 g/mol. The zero-order valence-corrected chi connectivity index (χ0v) is 8.29. The lowest BCUT2D eigenvalue weighted by atomic mass is 9.86. The molecule has 0 bridgehead atoms. The maximum absolute atomic E-state index is 5.84. The number of hydrogen-bond donors (Lipinski definition) is 1. The first-order chi connectivity index (χ1) is 6.24. The number of rotatable bonds is 1. The van der Waals surface area contributed by atoms with Gasteiger partial charge in [0.25, 0.3) is 0 Å². The molecule has 0 aromatic heterocycles. The molecule has 1 heterocycles. The van der Waals surface area contributed by atoms with Crippen LogP contribution in [0.1, 0.15) is 32.6 Å². The van der Waals surface area contributed by atoms with E-state index in [9.17, 15) is 0 Å². The van der Waals surface area contributed by atoms with Crippen LogP contribution in [0.3, 0.4) is 0 Å². The summed E-state index contributed by atoms with van der Waals surface area (Å²) in [6, 6.07) is 0. The molecule has 3 heteroatoms.